The van der Waals surface area contributed by atoms with Crippen molar-refractivity contribution in [3.05, 3.63) is 34.9 Å². The summed E-state index contributed by atoms with van der Waals surface area (Å²) in [5.41, 5.74) is 1.06. The zero-order chi connectivity index (χ0) is 9.84. The first-order valence-corrected chi connectivity index (χ1v) is 4.04. The van der Waals surface area contributed by atoms with Crippen molar-refractivity contribution in [1.29, 1.82) is 5.26 Å². The second-order valence-electron chi connectivity index (χ2n) is 2.42. The SMILES string of the molecule is N#Cc1cc(C(=O)O)ccc1CCl. The van der Waals surface area contributed by atoms with Crippen LogP contribution in [0.1, 0.15) is 21.5 Å². The Balaban J connectivity index is 3.23. The molecule has 1 aromatic carbocycles. The molecule has 4 heteroatoms. The third-order valence-electron chi connectivity index (χ3n) is 1.62. The monoisotopic (exact) mass is 195 g/mol. The predicted molar refractivity (Wildman–Crippen MR) is 47.7 cm³/mol. The molecule has 0 fully saturated rings. The molecule has 0 spiro atoms. The molecule has 0 radical (unpaired) electrons. The van der Waals surface area contributed by atoms with E-state index < -0.39 is 5.97 Å². The number of rotatable bonds is 2. The number of alkyl halides is 1. The minimum absolute atomic E-state index is 0.102. The fourth-order valence-electron chi connectivity index (χ4n) is 0.930. The Kier molecular flexibility index (Phi) is 2.88. The zero-order valence-corrected chi connectivity index (χ0v) is 7.38. The number of nitriles is 1. The lowest BCUT2D eigenvalue weighted by atomic mass is 10.1. The van der Waals surface area contributed by atoms with Gasteiger partial charge in [0.2, 0.25) is 0 Å². The maximum Gasteiger partial charge on any atom is 0.335 e. The first-order chi connectivity index (χ1) is 6.19. The molecule has 0 aromatic heterocycles. The van der Waals surface area contributed by atoms with Gasteiger partial charge in [0.1, 0.15) is 0 Å². The summed E-state index contributed by atoms with van der Waals surface area (Å²) in [7, 11) is 0. The molecule has 0 bridgehead atoms. The van der Waals surface area contributed by atoms with Crippen molar-refractivity contribution in [1.82, 2.24) is 0 Å². The van der Waals surface area contributed by atoms with Crippen molar-refractivity contribution < 1.29 is 9.90 Å². The van der Waals surface area contributed by atoms with Crippen LogP contribution >= 0.6 is 11.6 Å². The minimum Gasteiger partial charge on any atom is -0.478 e. The van der Waals surface area contributed by atoms with Gasteiger partial charge in [-0.3, -0.25) is 0 Å². The number of carboxylic acids is 1. The van der Waals surface area contributed by atoms with Crippen molar-refractivity contribution in [2.75, 3.05) is 0 Å². The lowest BCUT2D eigenvalue weighted by Crippen LogP contribution is -1.98. The van der Waals surface area contributed by atoms with Crippen molar-refractivity contribution in [2.24, 2.45) is 0 Å². The van der Waals surface area contributed by atoms with E-state index in [0.29, 0.717) is 11.1 Å². The maximum atomic E-state index is 10.5. The highest BCUT2D eigenvalue weighted by Crippen LogP contribution is 2.13. The highest BCUT2D eigenvalue weighted by atomic mass is 35.5. The van der Waals surface area contributed by atoms with Gasteiger partial charge in [-0.15, -0.1) is 11.6 Å². The van der Waals surface area contributed by atoms with Crippen molar-refractivity contribution in [2.45, 2.75) is 5.88 Å². The number of hydrogen-bond donors (Lipinski definition) is 1. The van der Waals surface area contributed by atoms with Gasteiger partial charge in [0, 0.05) is 5.88 Å². The van der Waals surface area contributed by atoms with Crippen LogP contribution in [0.3, 0.4) is 0 Å². The van der Waals surface area contributed by atoms with E-state index in [9.17, 15) is 4.79 Å². The summed E-state index contributed by atoms with van der Waals surface area (Å²) in [4.78, 5) is 10.5. The van der Waals surface area contributed by atoms with E-state index in [1.54, 1.807) is 6.07 Å². The molecule has 0 aliphatic rings. The molecule has 3 nitrogen and oxygen atoms in total. The van der Waals surface area contributed by atoms with Crippen LogP contribution in [0.5, 0.6) is 0 Å². The van der Waals surface area contributed by atoms with Gasteiger partial charge >= 0.3 is 5.97 Å². The van der Waals surface area contributed by atoms with Crippen LogP contribution in [0.25, 0.3) is 0 Å². The number of halogens is 1. The molecule has 13 heavy (non-hydrogen) atoms. The summed E-state index contributed by atoms with van der Waals surface area (Å²) in [6, 6.07) is 6.20. The van der Waals surface area contributed by atoms with E-state index in [1.165, 1.54) is 12.1 Å². The van der Waals surface area contributed by atoms with Gasteiger partial charge in [-0.1, -0.05) is 6.07 Å². The number of carbonyl (C=O) groups is 1. The minimum atomic E-state index is -1.04. The lowest BCUT2D eigenvalue weighted by Gasteiger charge is -1.99. The van der Waals surface area contributed by atoms with Gasteiger partial charge in [-0.05, 0) is 17.7 Å². The average molecular weight is 196 g/mol. The van der Waals surface area contributed by atoms with Crippen LogP contribution in [0.4, 0.5) is 0 Å². The number of aromatic carboxylic acids is 1. The third kappa shape index (κ3) is 1.98. The summed E-state index contributed by atoms with van der Waals surface area (Å²) in [5, 5.41) is 17.3. The van der Waals surface area contributed by atoms with Crippen LogP contribution < -0.4 is 0 Å². The van der Waals surface area contributed by atoms with Gasteiger partial charge in [-0.25, -0.2) is 4.79 Å². The highest BCUT2D eigenvalue weighted by Gasteiger charge is 2.06. The maximum absolute atomic E-state index is 10.5. The van der Waals surface area contributed by atoms with Gasteiger partial charge in [-0.2, -0.15) is 5.26 Å². The molecular weight excluding hydrogens is 190 g/mol. The summed E-state index contributed by atoms with van der Waals surface area (Å²) in [5.74, 6) is -0.833. The molecular formula is C9H6ClNO2. The molecule has 0 amide bonds. The molecule has 1 rings (SSSR count). The number of hydrogen-bond acceptors (Lipinski definition) is 2. The lowest BCUT2D eigenvalue weighted by molar-refractivity contribution is 0.0697. The molecule has 0 heterocycles. The van der Waals surface area contributed by atoms with E-state index in [1.807, 2.05) is 6.07 Å². The summed E-state index contributed by atoms with van der Waals surface area (Å²) < 4.78 is 0. The Morgan fingerprint density at radius 3 is 2.77 bits per heavy atom. The molecule has 0 aliphatic carbocycles. The Morgan fingerprint density at radius 2 is 2.31 bits per heavy atom. The Morgan fingerprint density at radius 1 is 1.62 bits per heavy atom. The molecule has 1 N–H and O–H groups in total. The van der Waals surface area contributed by atoms with Gasteiger partial charge in [0.25, 0.3) is 0 Å². The molecule has 0 unspecified atom stereocenters. The van der Waals surface area contributed by atoms with E-state index in [2.05, 4.69) is 0 Å². The van der Waals surface area contributed by atoms with Crippen molar-refractivity contribution >= 4 is 17.6 Å². The van der Waals surface area contributed by atoms with E-state index in [4.69, 9.17) is 22.0 Å². The Labute approximate surface area is 80.2 Å². The van der Waals surface area contributed by atoms with Crippen LogP contribution in [-0.2, 0) is 5.88 Å². The van der Waals surface area contributed by atoms with Gasteiger partial charge in [0.05, 0.1) is 17.2 Å². The summed E-state index contributed by atoms with van der Waals surface area (Å²) in [6.07, 6.45) is 0. The molecule has 66 valence electrons. The average Bonchev–Trinajstić information content (AvgIpc) is 2.16. The Bertz CT molecular complexity index is 382. The number of carboxylic acid groups (broad SMARTS) is 1. The molecule has 1 aromatic rings. The van der Waals surface area contributed by atoms with Gasteiger partial charge < -0.3 is 5.11 Å². The van der Waals surface area contributed by atoms with Crippen LogP contribution in [0.2, 0.25) is 0 Å². The second kappa shape index (κ2) is 3.92. The van der Waals surface area contributed by atoms with E-state index >= 15 is 0 Å². The first-order valence-electron chi connectivity index (χ1n) is 3.51. The van der Waals surface area contributed by atoms with Crippen molar-refractivity contribution in [3.8, 4) is 6.07 Å². The van der Waals surface area contributed by atoms with Crippen LogP contribution in [0, 0.1) is 11.3 Å². The van der Waals surface area contributed by atoms with E-state index in [0.717, 1.165) is 0 Å². The van der Waals surface area contributed by atoms with Crippen molar-refractivity contribution in [3.63, 3.8) is 0 Å². The summed E-state index contributed by atoms with van der Waals surface area (Å²) in [6.45, 7) is 0. The summed E-state index contributed by atoms with van der Waals surface area (Å²) >= 11 is 5.54. The number of benzene rings is 1. The van der Waals surface area contributed by atoms with Gasteiger partial charge in [0.15, 0.2) is 0 Å². The molecule has 0 aliphatic heterocycles. The number of nitrogens with zero attached hydrogens (tertiary/aromatic N) is 1. The zero-order valence-electron chi connectivity index (χ0n) is 6.62. The Hall–Kier alpha value is -1.53. The predicted octanol–water partition coefficient (Wildman–Crippen LogP) is 2.00. The molecule has 0 atom stereocenters. The molecule has 0 saturated carbocycles. The fraction of sp³-hybridized carbons (Fsp3) is 0.111. The smallest absolute Gasteiger partial charge is 0.335 e. The quantitative estimate of drug-likeness (QED) is 0.735. The standard InChI is InChI=1S/C9H6ClNO2/c10-4-7-2-1-6(9(12)13)3-8(7)5-11/h1-3H,4H2,(H,12,13). The largest absolute Gasteiger partial charge is 0.478 e. The fourth-order valence-corrected chi connectivity index (χ4v) is 1.16. The normalized spacial score (nSPS) is 9.23. The van der Waals surface area contributed by atoms with E-state index in [-0.39, 0.29) is 11.4 Å². The topological polar surface area (TPSA) is 61.1 Å². The second-order valence-corrected chi connectivity index (χ2v) is 2.69. The van der Waals surface area contributed by atoms with Crippen LogP contribution in [0.15, 0.2) is 18.2 Å². The first kappa shape index (κ1) is 9.56. The van der Waals surface area contributed by atoms with Crippen LogP contribution in [-0.4, -0.2) is 11.1 Å². The molecule has 0 saturated heterocycles. The third-order valence-corrected chi connectivity index (χ3v) is 1.91. The highest BCUT2D eigenvalue weighted by molar-refractivity contribution is 6.17.